The number of carbonyl (C=O) groups excluding carboxylic acids is 1. The van der Waals surface area contributed by atoms with Crippen LogP contribution >= 0.6 is 0 Å². The van der Waals surface area contributed by atoms with Crippen molar-refractivity contribution < 1.29 is 18.0 Å². The van der Waals surface area contributed by atoms with Crippen LogP contribution in [0.1, 0.15) is 44.1 Å². The maximum absolute atomic E-state index is 13.2. The first-order valence-electron chi connectivity index (χ1n) is 13.6. The van der Waals surface area contributed by atoms with Crippen molar-refractivity contribution in [2.24, 2.45) is 0 Å². The number of benzene rings is 5. The molecular weight excluding hydrogens is 519 g/mol. The van der Waals surface area contributed by atoms with Gasteiger partial charge in [0.05, 0.1) is 5.56 Å². The Bertz CT molecular complexity index is 1520. The average molecular weight is 550 g/mol. The van der Waals surface area contributed by atoms with Gasteiger partial charge in [0, 0.05) is 18.0 Å². The number of hydrogen-bond acceptors (Lipinski definition) is 1. The Hall–Kier alpha value is -4.64. The summed E-state index contributed by atoms with van der Waals surface area (Å²) < 4.78 is 38.4. The van der Waals surface area contributed by atoms with Gasteiger partial charge in [0.2, 0.25) is 0 Å². The molecule has 0 aromatic heterocycles. The molecular formula is C36H30F3NO. The highest BCUT2D eigenvalue weighted by Gasteiger charge is 2.29. The molecule has 0 heterocycles. The van der Waals surface area contributed by atoms with Crippen molar-refractivity contribution in [2.75, 3.05) is 6.54 Å². The molecule has 1 amide bonds. The minimum atomic E-state index is -4.32. The predicted molar refractivity (Wildman–Crippen MR) is 158 cm³/mol. The van der Waals surface area contributed by atoms with Crippen molar-refractivity contribution in [3.05, 3.63) is 167 Å². The Morgan fingerprint density at radius 3 is 1.68 bits per heavy atom. The Morgan fingerprint density at radius 1 is 0.610 bits per heavy atom. The van der Waals surface area contributed by atoms with Gasteiger partial charge in [0.25, 0.3) is 5.91 Å². The molecule has 0 unspecified atom stereocenters. The van der Waals surface area contributed by atoms with Crippen LogP contribution in [0.3, 0.4) is 0 Å². The quantitative estimate of drug-likeness (QED) is 0.196. The molecule has 206 valence electrons. The van der Waals surface area contributed by atoms with E-state index >= 15 is 0 Å². The van der Waals surface area contributed by atoms with Crippen molar-refractivity contribution in [2.45, 2.75) is 24.9 Å². The van der Waals surface area contributed by atoms with Crippen molar-refractivity contribution in [1.29, 1.82) is 0 Å². The number of halogens is 3. The Kier molecular flexibility index (Phi) is 8.64. The van der Waals surface area contributed by atoms with E-state index in [0.717, 1.165) is 51.9 Å². The molecule has 0 aliphatic heterocycles. The van der Waals surface area contributed by atoms with E-state index in [4.69, 9.17) is 0 Å². The molecule has 5 heteroatoms. The fourth-order valence-electron chi connectivity index (χ4n) is 4.95. The molecule has 0 saturated carbocycles. The molecule has 0 radical (unpaired) electrons. The van der Waals surface area contributed by atoms with E-state index in [1.807, 2.05) is 84.9 Å². The number of alkyl halides is 3. The molecule has 0 saturated heterocycles. The van der Waals surface area contributed by atoms with E-state index in [-0.39, 0.29) is 11.8 Å². The van der Waals surface area contributed by atoms with Gasteiger partial charge in [0.1, 0.15) is 0 Å². The molecule has 1 N–H and O–H groups in total. The molecule has 5 rings (SSSR count). The zero-order valence-electron chi connectivity index (χ0n) is 22.4. The standard InChI is InChI=1S/C36H30F3NO/c37-36(38,39)33-22-18-27(19-23-33)15-14-26-16-20-28(21-17-26)31-12-7-13-32(24-31)35(41)40-25-34(29-8-3-1-4-9-29)30-10-5-2-6-11-30/h1-13,16-24,34H,14-15,25H2,(H,40,41). The number of rotatable bonds is 9. The summed E-state index contributed by atoms with van der Waals surface area (Å²) in [7, 11) is 0. The monoisotopic (exact) mass is 549 g/mol. The Labute approximate surface area is 238 Å². The van der Waals surface area contributed by atoms with Crippen molar-refractivity contribution in [3.63, 3.8) is 0 Å². The average Bonchev–Trinajstić information content (AvgIpc) is 3.01. The van der Waals surface area contributed by atoms with Crippen molar-refractivity contribution in [1.82, 2.24) is 5.32 Å². The molecule has 0 atom stereocenters. The van der Waals surface area contributed by atoms with Gasteiger partial charge in [-0.3, -0.25) is 4.79 Å². The topological polar surface area (TPSA) is 29.1 Å². The maximum atomic E-state index is 13.2. The summed E-state index contributed by atoms with van der Waals surface area (Å²) in [6.45, 7) is 0.477. The fraction of sp³-hybridized carbons (Fsp3) is 0.139. The Morgan fingerprint density at radius 2 is 1.15 bits per heavy atom. The third-order valence-electron chi connectivity index (χ3n) is 7.27. The lowest BCUT2D eigenvalue weighted by atomic mass is 9.91. The SMILES string of the molecule is O=C(NCC(c1ccccc1)c1ccccc1)c1cccc(-c2ccc(CCc3ccc(C(F)(F)F)cc3)cc2)c1. The van der Waals surface area contributed by atoms with Gasteiger partial charge in [-0.2, -0.15) is 13.2 Å². The van der Waals surface area contributed by atoms with Crippen LogP contribution in [-0.4, -0.2) is 12.5 Å². The molecule has 0 aliphatic carbocycles. The highest BCUT2D eigenvalue weighted by molar-refractivity contribution is 5.95. The first-order valence-corrected chi connectivity index (χ1v) is 13.6. The molecule has 2 nitrogen and oxygen atoms in total. The van der Waals surface area contributed by atoms with Crippen LogP contribution in [0, 0.1) is 0 Å². The van der Waals surface area contributed by atoms with Crippen LogP contribution in [0.15, 0.2) is 133 Å². The van der Waals surface area contributed by atoms with Crippen LogP contribution in [0.5, 0.6) is 0 Å². The minimum absolute atomic E-state index is 0.0413. The van der Waals surface area contributed by atoms with E-state index in [1.54, 1.807) is 0 Å². The smallest absolute Gasteiger partial charge is 0.351 e. The van der Waals surface area contributed by atoms with Gasteiger partial charge < -0.3 is 5.32 Å². The van der Waals surface area contributed by atoms with E-state index in [2.05, 4.69) is 29.6 Å². The largest absolute Gasteiger partial charge is 0.416 e. The van der Waals surface area contributed by atoms with Gasteiger partial charge in [-0.15, -0.1) is 0 Å². The lowest BCUT2D eigenvalue weighted by Crippen LogP contribution is -2.29. The van der Waals surface area contributed by atoms with Gasteiger partial charge in [-0.1, -0.05) is 109 Å². The number of hydrogen-bond donors (Lipinski definition) is 1. The van der Waals surface area contributed by atoms with Crippen LogP contribution in [-0.2, 0) is 19.0 Å². The molecule has 5 aromatic carbocycles. The van der Waals surface area contributed by atoms with Crippen LogP contribution < -0.4 is 5.32 Å². The maximum Gasteiger partial charge on any atom is 0.416 e. The second-order valence-electron chi connectivity index (χ2n) is 10.1. The van der Waals surface area contributed by atoms with Crippen molar-refractivity contribution >= 4 is 5.91 Å². The van der Waals surface area contributed by atoms with Crippen LogP contribution in [0.4, 0.5) is 13.2 Å². The highest BCUT2D eigenvalue weighted by Crippen LogP contribution is 2.29. The Balaban J connectivity index is 1.22. The van der Waals surface area contributed by atoms with Gasteiger partial charge in [-0.25, -0.2) is 0 Å². The van der Waals surface area contributed by atoms with E-state index in [0.29, 0.717) is 18.5 Å². The zero-order valence-corrected chi connectivity index (χ0v) is 22.4. The number of amides is 1. The van der Waals surface area contributed by atoms with E-state index in [9.17, 15) is 18.0 Å². The first kappa shape index (κ1) is 27.9. The van der Waals surface area contributed by atoms with Crippen molar-refractivity contribution in [3.8, 4) is 11.1 Å². The van der Waals surface area contributed by atoms with E-state index < -0.39 is 11.7 Å². The second kappa shape index (κ2) is 12.7. The second-order valence-corrected chi connectivity index (χ2v) is 10.1. The molecule has 5 aromatic rings. The molecule has 0 bridgehead atoms. The van der Waals surface area contributed by atoms with E-state index in [1.165, 1.54) is 12.1 Å². The minimum Gasteiger partial charge on any atom is -0.351 e. The fourth-order valence-corrected chi connectivity index (χ4v) is 4.95. The summed E-state index contributed by atoms with van der Waals surface area (Å²) in [6, 6.07) is 41.3. The van der Waals surface area contributed by atoms with Gasteiger partial charge >= 0.3 is 6.18 Å². The summed E-state index contributed by atoms with van der Waals surface area (Å²) in [4.78, 5) is 13.2. The lowest BCUT2D eigenvalue weighted by molar-refractivity contribution is -0.137. The molecule has 0 fully saturated rings. The number of aryl methyl sites for hydroxylation is 2. The lowest BCUT2D eigenvalue weighted by Gasteiger charge is -2.19. The van der Waals surface area contributed by atoms with Gasteiger partial charge in [0.15, 0.2) is 0 Å². The molecule has 0 spiro atoms. The highest BCUT2D eigenvalue weighted by atomic mass is 19.4. The third kappa shape index (κ3) is 7.31. The zero-order chi connectivity index (χ0) is 28.7. The normalized spacial score (nSPS) is 11.4. The summed E-state index contributed by atoms with van der Waals surface area (Å²) in [5, 5.41) is 3.13. The summed E-state index contributed by atoms with van der Waals surface area (Å²) in [5.74, 6) is -0.0865. The summed E-state index contributed by atoms with van der Waals surface area (Å²) >= 11 is 0. The molecule has 41 heavy (non-hydrogen) atoms. The third-order valence-corrected chi connectivity index (χ3v) is 7.27. The first-order chi connectivity index (χ1) is 19.9. The predicted octanol–water partition coefficient (Wildman–Crippen LogP) is 8.72. The number of nitrogens with one attached hydrogen (secondary N) is 1. The summed E-state index contributed by atoms with van der Waals surface area (Å²) in [6.07, 6.45) is -2.95. The van der Waals surface area contributed by atoms with Gasteiger partial charge in [-0.05, 0) is 70.5 Å². The van der Waals surface area contributed by atoms with Crippen LogP contribution in [0.2, 0.25) is 0 Å². The van der Waals surface area contributed by atoms with Crippen LogP contribution in [0.25, 0.3) is 11.1 Å². The summed E-state index contributed by atoms with van der Waals surface area (Å²) in [5.41, 5.74) is 6.14. The number of carbonyl (C=O) groups is 1. The molecule has 0 aliphatic rings.